The van der Waals surface area contributed by atoms with Crippen molar-refractivity contribution >= 4 is 23.5 Å². The Morgan fingerprint density at radius 3 is 2.66 bits per heavy atom. The number of rotatable bonds is 4. The first kappa shape index (κ1) is 20.3. The summed E-state index contributed by atoms with van der Waals surface area (Å²) in [5.41, 5.74) is 1.86. The van der Waals surface area contributed by atoms with Gasteiger partial charge in [-0.25, -0.2) is 4.99 Å². The van der Waals surface area contributed by atoms with E-state index in [-0.39, 0.29) is 25.0 Å². The molecule has 0 aromatic heterocycles. The van der Waals surface area contributed by atoms with Crippen molar-refractivity contribution in [2.24, 2.45) is 4.99 Å². The lowest BCUT2D eigenvalue weighted by Gasteiger charge is -2.37. The number of nitrogens with one attached hydrogen (secondary N) is 2. The van der Waals surface area contributed by atoms with Gasteiger partial charge in [-0.2, -0.15) is 0 Å². The summed E-state index contributed by atoms with van der Waals surface area (Å²) < 4.78 is 10.6. The maximum atomic E-state index is 12.8. The van der Waals surface area contributed by atoms with Gasteiger partial charge < -0.3 is 19.7 Å². The third kappa shape index (κ3) is 4.52. The Bertz CT molecular complexity index is 1030. The number of anilines is 1. The molecule has 2 aromatic rings. The summed E-state index contributed by atoms with van der Waals surface area (Å²) in [4.78, 5) is 34.1. The minimum atomic E-state index is -0.772. The Labute approximate surface area is 186 Å². The first-order valence-corrected chi connectivity index (χ1v) is 10.7. The van der Waals surface area contributed by atoms with E-state index < -0.39 is 6.04 Å². The molecule has 0 saturated carbocycles. The van der Waals surface area contributed by atoms with E-state index in [4.69, 9.17) is 9.47 Å². The number of carbonyl (C=O) groups is 2. The Morgan fingerprint density at radius 2 is 1.84 bits per heavy atom. The minimum Gasteiger partial charge on any atom is -0.454 e. The van der Waals surface area contributed by atoms with Gasteiger partial charge in [0.05, 0.1) is 6.42 Å². The van der Waals surface area contributed by atoms with Gasteiger partial charge in [0.25, 0.3) is 0 Å². The minimum absolute atomic E-state index is 0.0217. The fraction of sp³-hybridized carbons (Fsp3) is 0.348. The number of aliphatic imine (C=N–C) groups is 1. The van der Waals surface area contributed by atoms with E-state index in [0.29, 0.717) is 23.1 Å². The molecule has 1 atom stereocenters. The standard InChI is InChI=1S/C23H25N5O4/c29-21-13-18(22(30)24-17-6-7-19-20(12-17)32-15-31-19)25-23(26-21)28-10-8-27(9-11-28)14-16-4-2-1-3-5-16/h1-7,12,18H,8-11,13-15H2,(H,24,30)(H,25,26,29)/t18-/m0/s1. The molecule has 32 heavy (non-hydrogen) atoms. The first-order valence-electron chi connectivity index (χ1n) is 10.7. The molecule has 2 amide bonds. The van der Waals surface area contributed by atoms with Crippen molar-refractivity contribution in [2.45, 2.75) is 19.0 Å². The number of ether oxygens (including phenoxy) is 2. The zero-order chi connectivity index (χ0) is 21.9. The van der Waals surface area contributed by atoms with Gasteiger partial charge in [-0.3, -0.25) is 19.8 Å². The number of nitrogens with zero attached hydrogens (tertiary/aromatic N) is 3. The van der Waals surface area contributed by atoms with Gasteiger partial charge in [-0.15, -0.1) is 0 Å². The molecule has 1 saturated heterocycles. The molecular formula is C23H25N5O4. The summed E-state index contributed by atoms with van der Waals surface area (Å²) in [5.74, 6) is 1.19. The Kier molecular flexibility index (Phi) is 5.64. The van der Waals surface area contributed by atoms with Crippen molar-refractivity contribution < 1.29 is 19.1 Å². The lowest BCUT2D eigenvalue weighted by Crippen LogP contribution is -2.56. The average molecular weight is 435 g/mol. The highest BCUT2D eigenvalue weighted by Gasteiger charge is 2.31. The molecular weight excluding hydrogens is 410 g/mol. The molecule has 5 rings (SSSR count). The highest BCUT2D eigenvalue weighted by molar-refractivity contribution is 6.06. The quantitative estimate of drug-likeness (QED) is 0.754. The second-order valence-electron chi connectivity index (χ2n) is 8.03. The number of piperazine rings is 1. The number of guanidine groups is 1. The molecule has 0 radical (unpaired) electrons. The van der Waals surface area contributed by atoms with Gasteiger partial charge in [-0.1, -0.05) is 30.3 Å². The van der Waals surface area contributed by atoms with Crippen LogP contribution in [0.2, 0.25) is 0 Å². The van der Waals surface area contributed by atoms with Crippen molar-refractivity contribution in [1.82, 2.24) is 15.1 Å². The molecule has 0 bridgehead atoms. The molecule has 9 nitrogen and oxygen atoms in total. The van der Waals surface area contributed by atoms with E-state index in [9.17, 15) is 9.59 Å². The highest BCUT2D eigenvalue weighted by Crippen LogP contribution is 2.34. The van der Waals surface area contributed by atoms with Crippen LogP contribution in [0.1, 0.15) is 12.0 Å². The summed E-state index contributed by atoms with van der Waals surface area (Å²) in [5, 5.41) is 5.67. The van der Waals surface area contributed by atoms with Gasteiger partial charge in [0, 0.05) is 44.5 Å². The Balaban J connectivity index is 1.20. The van der Waals surface area contributed by atoms with E-state index >= 15 is 0 Å². The van der Waals surface area contributed by atoms with Crippen LogP contribution in [0, 0.1) is 0 Å². The number of fused-ring (bicyclic) bond motifs is 1. The van der Waals surface area contributed by atoms with Crippen LogP contribution in [-0.2, 0) is 16.1 Å². The summed E-state index contributed by atoms with van der Waals surface area (Å²) in [6.07, 6.45) is 0.0217. The number of hydrogen-bond acceptors (Lipinski definition) is 7. The predicted molar refractivity (Wildman–Crippen MR) is 118 cm³/mol. The van der Waals surface area contributed by atoms with Gasteiger partial charge >= 0.3 is 0 Å². The Hall–Kier alpha value is -3.59. The molecule has 2 aromatic carbocycles. The first-order chi connectivity index (χ1) is 15.6. The Morgan fingerprint density at radius 1 is 1.06 bits per heavy atom. The van der Waals surface area contributed by atoms with Crippen LogP contribution in [0.15, 0.2) is 53.5 Å². The third-order valence-electron chi connectivity index (χ3n) is 5.77. The maximum Gasteiger partial charge on any atom is 0.249 e. The molecule has 0 aliphatic carbocycles. The molecule has 3 heterocycles. The van der Waals surface area contributed by atoms with Crippen molar-refractivity contribution in [3.05, 3.63) is 54.1 Å². The van der Waals surface area contributed by atoms with Crippen LogP contribution in [0.25, 0.3) is 0 Å². The molecule has 2 N–H and O–H groups in total. The van der Waals surface area contributed by atoms with Crippen molar-refractivity contribution in [1.29, 1.82) is 0 Å². The monoisotopic (exact) mass is 435 g/mol. The number of amides is 2. The summed E-state index contributed by atoms with van der Waals surface area (Å²) in [6.45, 7) is 4.26. The lowest BCUT2D eigenvalue weighted by molar-refractivity contribution is -0.125. The van der Waals surface area contributed by atoms with E-state index in [1.165, 1.54) is 5.56 Å². The van der Waals surface area contributed by atoms with E-state index in [0.717, 1.165) is 32.7 Å². The topological polar surface area (TPSA) is 95.5 Å². The zero-order valence-corrected chi connectivity index (χ0v) is 17.6. The molecule has 0 spiro atoms. The van der Waals surface area contributed by atoms with Crippen LogP contribution < -0.4 is 20.1 Å². The van der Waals surface area contributed by atoms with Crippen molar-refractivity contribution in [2.75, 3.05) is 38.3 Å². The van der Waals surface area contributed by atoms with Gasteiger partial charge in [0.15, 0.2) is 11.5 Å². The van der Waals surface area contributed by atoms with Crippen LogP contribution in [0.4, 0.5) is 5.69 Å². The van der Waals surface area contributed by atoms with E-state index in [1.54, 1.807) is 18.2 Å². The number of hydrogen-bond donors (Lipinski definition) is 2. The largest absolute Gasteiger partial charge is 0.454 e. The predicted octanol–water partition coefficient (Wildman–Crippen LogP) is 1.42. The molecule has 9 heteroatoms. The van der Waals surface area contributed by atoms with Gasteiger partial charge in [0.1, 0.15) is 6.04 Å². The maximum absolute atomic E-state index is 12.8. The van der Waals surface area contributed by atoms with Crippen LogP contribution in [0.5, 0.6) is 11.5 Å². The molecule has 0 unspecified atom stereocenters. The fourth-order valence-corrected chi connectivity index (χ4v) is 4.05. The molecule has 166 valence electrons. The third-order valence-corrected chi connectivity index (χ3v) is 5.77. The normalized spacial score (nSPS) is 20.5. The molecule has 3 aliphatic heterocycles. The smallest absolute Gasteiger partial charge is 0.249 e. The van der Waals surface area contributed by atoms with E-state index in [1.807, 2.05) is 23.1 Å². The summed E-state index contributed by atoms with van der Waals surface area (Å²) in [6, 6.07) is 14.8. The second kappa shape index (κ2) is 8.88. The van der Waals surface area contributed by atoms with Crippen LogP contribution >= 0.6 is 0 Å². The number of carbonyl (C=O) groups excluding carboxylic acids is 2. The highest BCUT2D eigenvalue weighted by atomic mass is 16.7. The van der Waals surface area contributed by atoms with Crippen LogP contribution in [0.3, 0.4) is 0 Å². The number of benzene rings is 2. The van der Waals surface area contributed by atoms with Gasteiger partial charge in [0.2, 0.25) is 24.6 Å². The van der Waals surface area contributed by atoms with Gasteiger partial charge in [-0.05, 0) is 17.7 Å². The van der Waals surface area contributed by atoms with E-state index in [2.05, 4.69) is 32.7 Å². The fourth-order valence-electron chi connectivity index (χ4n) is 4.05. The van der Waals surface area contributed by atoms with Crippen molar-refractivity contribution in [3.63, 3.8) is 0 Å². The lowest BCUT2D eigenvalue weighted by atomic mass is 10.1. The summed E-state index contributed by atoms with van der Waals surface area (Å²) in [7, 11) is 0. The summed E-state index contributed by atoms with van der Waals surface area (Å²) >= 11 is 0. The zero-order valence-electron chi connectivity index (χ0n) is 17.6. The second-order valence-corrected chi connectivity index (χ2v) is 8.03. The van der Waals surface area contributed by atoms with Crippen LogP contribution in [-0.4, -0.2) is 66.6 Å². The average Bonchev–Trinajstić information content (AvgIpc) is 3.28. The molecule has 3 aliphatic rings. The molecule has 1 fully saturated rings. The van der Waals surface area contributed by atoms with Crippen molar-refractivity contribution in [3.8, 4) is 11.5 Å². The SMILES string of the molecule is O=C1C[C@@H](C(=O)Nc2ccc3c(c2)OCO3)N=C(N2CCN(Cc3ccccc3)CC2)N1.